The van der Waals surface area contributed by atoms with Crippen molar-refractivity contribution in [2.45, 2.75) is 37.6 Å². The first-order valence-electron chi connectivity index (χ1n) is 7.86. The van der Waals surface area contributed by atoms with Gasteiger partial charge in [0.2, 0.25) is 0 Å². The quantitative estimate of drug-likeness (QED) is 0.806. The van der Waals surface area contributed by atoms with Gasteiger partial charge in [-0.3, -0.25) is 0 Å². The van der Waals surface area contributed by atoms with E-state index in [1.54, 1.807) is 0 Å². The Bertz CT molecular complexity index is 547. The van der Waals surface area contributed by atoms with Crippen molar-refractivity contribution < 1.29 is 0 Å². The lowest BCUT2D eigenvalue weighted by Crippen LogP contribution is -2.39. The molecule has 22 heavy (non-hydrogen) atoms. The monoisotopic (exact) mass is 335 g/mol. The summed E-state index contributed by atoms with van der Waals surface area (Å²) in [5.41, 5.74) is 2.80. The zero-order valence-corrected chi connectivity index (χ0v) is 14.2. The third-order valence-corrected chi connectivity index (χ3v) is 4.68. The molecular formula is C19H23Cl2N. The molecule has 2 atom stereocenters. The molecule has 0 spiro atoms. The molecule has 0 amide bonds. The molecule has 3 heteroatoms. The molecule has 2 aromatic rings. The highest BCUT2D eigenvalue weighted by atomic mass is 35.5. The average molecular weight is 336 g/mol. The van der Waals surface area contributed by atoms with E-state index in [1.165, 1.54) is 30.4 Å². The van der Waals surface area contributed by atoms with Crippen LogP contribution in [0, 0.1) is 0 Å². The highest BCUT2D eigenvalue weighted by molar-refractivity contribution is 6.30. The fourth-order valence-corrected chi connectivity index (χ4v) is 3.42. The van der Waals surface area contributed by atoms with Crippen LogP contribution in [0.3, 0.4) is 0 Å². The number of hydrogen-bond donors (Lipinski definition) is 1. The molecule has 1 nitrogen and oxygen atoms in total. The maximum atomic E-state index is 6.05. The topological polar surface area (TPSA) is 12.0 Å². The first-order valence-corrected chi connectivity index (χ1v) is 8.23. The van der Waals surface area contributed by atoms with Crippen LogP contribution in [0.5, 0.6) is 0 Å². The number of piperidine rings is 1. The summed E-state index contributed by atoms with van der Waals surface area (Å²) in [6, 6.07) is 19.8. The Morgan fingerprint density at radius 2 is 1.73 bits per heavy atom. The standard InChI is InChI=1S/C19H22ClN.ClH/c20-17-11-9-16(10-12-17)18(19-8-4-5-13-21-19)14-15-6-2-1-3-7-15;/h1-3,6-7,9-12,18-19,21H,4-5,8,13-14H2;1H. The van der Waals surface area contributed by atoms with Crippen molar-refractivity contribution in [1.82, 2.24) is 5.32 Å². The maximum absolute atomic E-state index is 6.05. The van der Waals surface area contributed by atoms with Gasteiger partial charge in [0.1, 0.15) is 0 Å². The van der Waals surface area contributed by atoms with Crippen LogP contribution in [0.15, 0.2) is 54.6 Å². The molecule has 1 saturated heterocycles. The Labute approximate surface area is 144 Å². The second-order valence-corrected chi connectivity index (χ2v) is 6.34. The van der Waals surface area contributed by atoms with Crippen molar-refractivity contribution >= 4 is 24.0 Å². The van der Waals surface area contributed by atoms with E-state index < -0.39 is 0 Å². The fourth-order valence-electron chi connectivity index (χ4n) is 3.29. The second-order valence-electron chi connectivity index (χ2n) is 5.90. The number of hydrogen-bond acceptors (Lipinski definition) is 1. The summed E-state index contributed by atoms with van der Waals surface area (Å²) in [6.45, 7) is 1.14. The van der Waals surface area contributed by atoms with Gasteiger partial charge in [-0.05, 0) is 49.1 Å². The summed E-state index contributed by atoms with van der Waals surface area (Å²) in [5.74, 6) is 0.518. The molecule has 2 unspecified atom stereocenters. The van der Waals surface area contributed by atoms with E-state index in [1.807, 2.05) is 12.1 Å². The van der Waals surface area contributed by atoms with Crippen molar-refractivity contribution in [1.29, 1.82) is 0 Å². The minimum absolute atomic E-state index is 0. The number of rotatable bonds is 4. The van der Waals surface area contributed by atoms with E-state index in [-0.39, 0.29) is 12.4 Å². The Morgan fingerprint density at radius 1 is 1.00 bits per heavy atom. The Hall–Kier alpha value is -1.02. The van der Waals surface area contributed by atoms with Gasteiger partial charge in [-0.25, -0.2) is 0 Å². The predicted octanol–water partition coefficient (Wildman–Crippen LogP) is 5.23. The Balaban J connectivity index is 0.00000176. The maximum Gasteiger partial charge on any atom is 0.0406 e. The van der Waals surface area contributed by atoms with Crippen LogP contribution >= 0.6 is 24.0 Å². The van der Waals surface area contributed by atoms with Crippen LogP contribution < -0.4 is 5.32 Å². The van der Waals surface area contributed by atoms with Gasteiger partial charge in [-0.1, -0.05) is 60.5 Å². The third-order valence-electron chi connectivity index (χ3n) is 4.43. The van der Waals surface area contributed by atoms with Crippen LogP contribution in [0.4, 0.5) is 0 Å². The van der Waals surface area contributed by atoms with E-state index in [0.717, 1.165) is 18.0 Å². The molecule has 0 saturated carbocycles. The van der Waals surface area contributed by atoms with Gasteiger partial charge in [0, 0.05) is 17.0 Å². The zero-order chi connectivity index (χ0) is 14.5. The highest BCUT2D eigenvalue weighted by Crippen LogP contribution is 2.29. The first kappa shape index (κ1) is 17.3. The summed E-state index contributed by atoms with van der Waals surface area (Å²) in [4.78, 5) is 0. The molecule has 1 aliphatic heterocycles. The van der Waals surface area contributed by atoms with Crippen molar-refractivity contribution in [3.63, 3.8) is 0 Å². The lowest BCUT2D eigenvalue weighted by Gasteiger charge is -2.32. The minimum Gasteiger partial charge on any atom is -0.313 e. The largest absolute Gasteiger partial charge is 0.313 e. The van der Waals surface area contributed by atoms with Crippen LogP contribution in [0.2, 0.25) is 5.02 Å². The Kier molecular flexibility index (Phi) is 6.75. The van der Waals surface area contributed by atoms with Gasteiger partial charge in [0.25, 0.3) is 0 Å². The average Bonchev–Trinajstić information content (AvgIpc) is 2.55. The van der Waals surface area contributed by atoms with E-state index in [0.29, 0.717) is 12.0 Å². The molecule has 1 heterocycles. The third kappa shape index (κ3) is 4.49. The van der Waals surface area contributed by atoms with E-state index in [9.17, 15) is 0 Å². The first-order chi connectivity index (χ1) is 10.3. The van der Waals surface area contributed by atoms with Crippen LogP contribution in [-0.2, 0) is 6.42 Å². The van der Waals surface area contributed by atoms with Crippen LogP contribution in [-0.4, -0.2) is 12.6 Å². The molecule has 2 aromatic carbocycles. The molecular weight excluding hydrogens is 313 g/mol. The number of benzene rings is 2. The van der Waals surface area contributed by atoms with Crippen molar-refractivity contribution in [2.75, 3.05) is 6.54 Å². The van der Waals surface area contributed by atoms with Gasteiger partial charge < -0.3 is 5.32 Å². The molecule has 0 radical (unpaired) electrons. The van der Waals surface area contributed by atoms with Gasteiger partial charge in [0.05, 0.1) is 0 Å². The van der Waals surface area contributed by atoms with Gasteiger partial charge in [0.15, 0.2) is 0 Å². The van der Waals surface area contributed by atoms with Gasteiger partial charge in [-0.2, -0.15) is 0 Å². The predicted molar refractivity (Wildman–Crippen MR) is 97.2 cm³/mol. The summed E-state index contributed by atoms with van der Waals surface area (Å²) >= 11 is 6.05. The molecule has 0 aliphatic carbocycles. The number of nitrogens with one attached hydrogen (secondary N) is 1. The lowest BCUT2D eigenvalue weighted by molar-refractivity contribution is 0.348. The van der Waals surface area contributed by atoms with Crippen molar-refractivity contribution in [3.05, 3.63) is 70.7 Å². The molecule has 1 fully saturated rings. The molecule has 0 aromatic heterocycles. The summed E-state index contributed by atoms with van der Waals surface area (Å²) in [5, 5.41) is 4.53. The van der Waals surface area contributed by atoms with E-state index in [4.69, 9.17) is 11.6 Å². The van der Waals surface area contributed by atoms with Crippen LogP contribution in [0.25, 0.3) is 0 Å². The highest BCUT2D eigenvalue weighted by Gasteiger charge is 2.24. The minimum atomic E-state index is 0. The van der Waals surface area contributed by atoms with Crippen LogP contribution in [0.1, 0.15) is 36.3 Å². The Morgan fingerprint density at radius 3 is 2.36 bits per heavy atom. The van der Waals surface area contributed by atoms with Crippen molar-refractivity contribution in [2.24, 2.45) is 0 Å². The molecule has 3 rings (SSSR count). The summed E-state index contributed by atoms with van der Waals surface area (Å²) in [7, 11) is 0. The van der Waals surface area contributed by atoms with E-state index >= 15 is 0 Å². The number of halogens is 2. The molecule has 0 bridgehead atoms. The molecule has 1 N–H and O–H groups in total. The van der Waals surface area contributed by atoms with Gasteiger partial charge in [-0.15, -0.1) is 12.4 Å². The fraction of sp³-hybridized carbons (Fsp3) is 0.368. The smallest absolute Gasteiger partial charge is 0.0406 e. The van der Waals surface area contributed by atoms with Crippen molar-refractivity contribution in [3.8, 4) is 0 Å². The second kappa shape index (κ2) is 8.57. The normalized spacial score (nSPS) is 19.2. The van der Waals surface area contributed by atoms with Gasteiger partial charge >= 0.3 is 0 Å². The lowest BCUT2D eigenvalue weighted by atomic mass is 9.82. The van der Waals surface area contributed by atoms with E-state index in [2.05, 4.69) is 47.8 Å². The molecule has 118 valence electrons. The zero-order valence-electron chi connectivity index (χ0n) is 12.7. The molecule has 1 aliphatic rings. The SMILES string of the molecule is Cl.Clc1ccc(C(Cc2ccccc2)C2CCCCN2)cc1. The summed E-state index contributed by atoms with van der Waals surface area (Å²) in [6.07, 6.45) is 4.98. The summed E-state index contributed by atoms with van der Waals surface area (Å²) < 4.78 is 0.